The summed E-state index contributed by atoms with van der Waals surface area (Å²) in [6, 6.07) is 12.5. The van der Waals surface area contributed by atoms with Crippen molar-refractivity contribution in [3.63, 3.8) is 0 Å². The van der Waals surface area contributed by atoms with Crippen LogP contribution in [0.4, 0.5) is 5.69 Å². The Hall–Kier alpha value is -3.26. The zero-order valence-corrected chi connectivity index (χ0v) is 14.5. The van der Waals surface area contributed by atoms with Crippen molar-refractivity contribution in [3.8, 4) is 17.6 Å². The predicted octanol–water partition coefficient (Wildman–Crippen LogP) is 3.95. The van der Waals surface area contributed by atoms with Crippen molar-refractivity contribution in [2.75, 3.05) is 11.9 Å². The molecule has 5 heteroatoms. The smallest absolute Gasteiger partial charge is 0.266 e. The second kappa shape index (κ2) is 8.02. The van der Waals surface area contributed by atoms with Crippen LogP contribution in [-0.4, -0.2) is 17.6 Å². The zero-order valence-electron chi connectivity index (χ0n) is 14.5. The second-order valence-corrected chi connectivity index (χ2v) is 5.52. The molecule has 5 nitrogen and oxygen atoms in total. The lowest BCUT2D eigenvalue weighted by Gasteiger charge is -2.11. The fraction of sp³-hybridized carbons (Fsp3) is 0.200. The highest BCUT2D eigenvalue weighted by molar-refractivity contribution is 6.10. The third kappa shape index (κ3) is 4.18. The van der Waals surface area contributed by atoms with Crippen LogP contribution in [0.15, 0.2) is 42.0 Å². The summed E-state index contributed by atoms with van der Waals surface area (Å²) in [7, 11) is 0. The Bertz CT molecular complexity index is 843. The number of para-hydroxylation sites is 2. The van der Waals surface area contributed by atoms with Crippen LogP contribution < -0.4 is 10.1 Å². The Kier molecular flexibility index (Phi) is 5.80. The van der Waals surface area contributed by atoms with Crippen LogP contribution in [0.5, 0.6) is 11.5 Å². The van der Waals surface area contributed by atoms with Gasteiger partial charge in [-0.2, -0.15) is 5.26 Å². The normalized spacial score (nSPS) is 10.9. The molecule has 2 rings (SSSR count). The molecule has 0 fully saturated rings. The molecule has 0 aliphatic heterocycles. The third-order valence-corrected chi connectivity index (χ3v) is 3.71. The van der Waals surface area contributed by atoms with Crippen LogP contribution in [0.3, 0.4) is 0 Å². The van der Waals surface area contributed by atoms with E-state index in [0.717, 1.165) is 11.1 Å². The molecular weight excluding hydrogens is 316 g/mol. The first-order chi connectivity index (χ1) is 12.0. The van der Waals surface area contributed by atoms with E-state index in [-0.39, 0.29) is 11.3 Å². The van der Waals surface area contributed by atoms with Crippen LogP contribution in [0.2, 0.25) is 0 Å². The molecule has 2 N–H and O–H groups in total. The fourth-order valence-corrected chi connectivity index (χ4v) is 2.42. The minimum absolute atomic E-state index is 0.100. The molecule has 0 aromatic heterocycles. The monoisotopic (exact) mass is 336 g/mol. The summed E-state index contributed by atoms with van der Waals surface area (Å²) < 4.78 is 5.32. The quantitative estimate of drug-likeness (QED) is 0.640. The van der Waals surface area contributed by atoms with Gasteiger partial charge in [-0.1, -0.05) is 30.3 Å². The van der Waals surface area contributed by atoms with Gasteiger partial charge in [0.15, 0.2) is 11.5 Å². The summed E-state index contributed by atoms with van der Waals surface area (Å²) in [5.41, 5.74) is 2.74. The Morgan fingerprint density at radius 1 is 1.24 bits per heavy atom. The SMILES string of the molecule is CCOc1cccc(C=C(C#N)C(=O)Nc2c(C)cccc2C)c1O. The Morgan fingerprint density at radius 2 is 1.88 bits per heavy atom. The van der Waals surface area contributed by atoms with Crippen LogP contribution in [0.25, 0.3) is 6.08 Å². The number of carbonyl (C=O) groups excluding carboxylic acids is 1. The number of hydrogen-bond donors (Lipinski definition) is 2. The summed E-state index contributed by atoms with van der Waals surface area (Å²) in [4.78, 5) is 12.5. The number of phenols is 1. The average Bonchev–Trinajstić information content (AvgIpc) is 2.59. The van der Waals surface area contributed by atoms with E-state index in [9.17, 15) is 15.2 Å². The summed E-state index contributed by atoms with van der Waals surface area (Å²) in [6.45, 7) is 5.98. The molecule has 1 amide bonds. The van der Waals surface area contributed by atoms with E-state index < -0.39 is 5.91 Å². The number of nitriles is 1. The maximum Gasteiger partial charge on any atom is 0.266 e. The third-order valence-electron chi connectivity index (χ3n) is 3.71. The number of aryl methyl sites for hydroxylation is 2. The number of nitrogens with zero attached hydrogens (tertiary/aromatic N) is 1. The Morgan fingerprint density at radius 3 is 2.48 bits per heavy atom. The van der Waals surface area contributed by atoms with Crippen LogP contribution >= 0.6 is 0 Å². The van der Waals surface area contributed by atoms with Gasteiger partial charge in [-0.05, 0) is 44.0 Å². The molecular formula is C20H20N2O3. The molecule has 0 saturated carbocycles. The van der Waals surface area contributed by atoms with Crippen molar-refractivity contribution < 1.29 is 14.6 Å². The lowest BCUT2D eigenvalue weighted by Crippen LogP contribution is -2.15. The highest BCUT2D eigenvalue weighted by Gasteiger charge is 2.14. The number of amides is 1. The summed E-state index contributed by atoms with van der Waals surface area (Å²) in [5.74, 6) is -0.318. The highest BCUT2D eigenvalue weighted by Crippen LogP contribution is 2.31. The van der Waals surface area contributed by atoms with Crippen molar-refractivity contribution in [1.82, 2.24) is 0 Å². The largest absolute Gasteiger partial charge is 0.504 e. The first-order valence-corrected chi connectivity index (χ1v) is 7.92. The number of hydrogen-bond acceptors (Lipinski definition) is 4. The number of carbonyl (C=O) groups is 1. The minimum atomic E-state index is -0.527. The Balaban J connectivity index is 2.34. The van der Waals surface area contributed by atoms with Crippen LogP contribution in [0.1, 0.15) is 23.6 Å². The van der Waals surface area contributed by atoms with Crippen molar-refractivity contribution >= 4 is 17.7 Å². The number of benzene rings is 2. The van der Waals surface area contributed by atoms with Gasteiger partial charge in [-0.25, -0.2) is 0 Å². The van der Waals surface area contributed by atoms with Crippen molar-refractivity contribution in [3.05, 3.63) is 58.7 Å². The number of anilines is 1. The number of phenolic OH excluding ortho intramolecular Hbond substituents is 1. The first kappa shape index (κ1) is 18.1. The van der Waals surface area contributed by atoms with Gasteiger partial charge in [-0.15, -0.1) is 0 Å². The van der Waals surface area contributed by atoms with Crippen LogP contribution in [-0.2, 0) is 4.79 Å². The molecule has 0 atom stereocenters. The van der Waals surface area contributed by atoms with E-state index in [1.165, 1.54) is 6.08 Å². The van der Waals surface area contributed by atoms with E-state index >= 15 is 0 Å². The molecule has 128 valence electrons. The molecule has 0 heterocycles. The van der Waals surface area contributed by atoms with E-state index in [4.69, 9.17) is 4.74 Å². The van der Waals surface area contributed by atoms with Crippen molar-refractivity contribution in [1.29, 1.82) is 5.26 Å². The second-order valence-electron chi connectivity index (χ2n) is 5.52. The molecule has 0 saturated heterocycles. The summed E-state index contributed by atoms with van der Waals surface area (Å²) >= 11 is 0. The van der Waals surface area contributed by atoms with Gasteiger partial charge in [0.1, 0.15) is 11.6 Å². The maximum atomic E-state index is 12.5. The van der Waals surface area contributed by atoms with Gasteiger partial charge in [0.2, 0.25) is 0 Å². The average molecular weight is 336 g/mol. The van der Waals surface area contributed by atoms with Gasteiger partial charge >= 0.3 is 0 Å². The van der Waals surface area contributed by atoms with Gasteiger partial charge in [-0.3, -0.25) is 4.79 Å². The molecule has 2 aromatic rings. The lowest BCUT2D eigenvalue weighted by atomic mass is 10.1. The standard InChI is InChI=1S/C20H20N2O3/c1-4-25-17-10-6-9-15(19(17)23)11-16(12-21)20(24)22-18-13(2)7-5-8-14(18)3/h5-11,23H,4H2,1-3H3,(H,22,24). The number of ether oxygens (including phenoxy) is 1. The van der Waals surface area contributed by atoms with Crippen LogP contribution in [0, 0.1) is 25.2 Å². The van der Waals surface area contributed by atoms with E-state index in [2.05, 4.69) is 5.32 Å². The predicted molar refractivity (Wildman–Crippen MR) is 97.4 cm³/mol. The molecule has 0 spiro atoms. The van der Waals surface area contributed by atoms with Crippen molar-refractivity contribution in [2.45, 2.75) is 20.8 Å². The summed E-state index contributed by atoms with van der Waals surface area (Å²) in [6.07, 6.45) is 1.35. The molecule has 25 heavy (non-hydrogen) atoms. The van der Waals surface area contributed by atoms with Gasteiger partial charge in [0, 0.05) is 11.3 Å². The number of nitrogens with one attached hydrogen (secondary N) is 1. The maximum absolute atomic E-state index is 12.5. The van der Waals surface area contributed by atoms with Crippen molar-refractivity contribution in [2.24, 2.45) is 0 Å². The van der Waals surface area contributed by atoms with Gasteiger partial charge in [0.25, 0.3) is 5.91 Å². The molecule has 0 aliphatic carbocycles. The Labute approximate surface area is 147 Å². The zero-order chi connectivity index (χ0) is 18.4. The number of rotatable bonds is 5. The molecule has 0 bridgehead atoms. The topological polar surface area (TPSA) is 82.3 Å². The molecule has 0 aliphatic rings. The first-order valence-electron chi connectivity index (χ1n) is 7.92. The van der Waals surface area contributed by atoms with E-state index in [1.807, 2.05) is 38.1 Å². The number of aromatic hydroxyl groups is 1. The summed E-state index contributed by atoms with van der Waals surface area (Å²) in [5, 5.41) is 22.3. The van der Waals surface area contributed by atoms with Gasteiger partial charge in [0.05, 0.1) is 6.61 Å². The molecule has 2 aromatic carbocycles. The van der Waals surface area contributed by atoms with Gasteiger partial charge < -0.3 is 15.2 Å². The lowest BCUT2D eigenvalue weighted by molar-refractivity contribution is -0.112. The molecule has 0 unspecified atom stereocenters. The molecule has 0 radical (unpaired) electrons. The highest BCUT2D eigenvalue weighted by atomic mass is 16.5. The van der Waals surface area contributed by atoms with E-state index in [1.54, 1.807) is 25.1 Å². The van der Waals surface area contributed by atoms with E-state index in [0.29, 0.717) is 23.6 Å². The minimum Gasteiger partial charge on any atom is -0.504 e. The fourth-order valence-electron chi connectivity index (χ4n) is 2.42.